The smallest absolute Gasteiger partial charge is 0.106 e. The number of aromatic nitrogens is 2. The lowest BCUT2D eigenvalue weighted by Gasteiger charge is -2.25. The first kappa shape index (κ1) is 14.5. The molecule has 0 bridgehead atoms. The van der Waals surface area contributed by atoms with E-state index in [2.05, 4.69) is 24.3 Å². The minimum atomic E-state index is -0.953. The van der Waals surface area contributed by atoms with Gasteiger partial charge in [-0.25, -0.2) is 0 Å². The summed E-state index contributed by atoms with van der Waals surface area (Å²) >= 11 is 6.09. The highest BCUT2D eigenvalue weighted by Crippen LogP contribution is 2.30. The van der Waals surface area contributed by atoms with E-state index >= 15 is 0 Å². The molecule has 1 aromatic heterocycles. The molecule has 5 heteroatoms. The second-order valence-corrected chi connectivity index (χ2v) is 5.20. The molecule has 0 saturated carbocycles. The molecule has 0 aliphatic heterocycles. The van der Waals surface area contributed by atoms with Gasteiger partial charge in [0.2, 0.25) is 0 Å². The Hall–Kier alpha value is -0.580. The molecule has 0 aliphatic carbocycles. The fourth-order valence-electron chi connectivity index (χ4n) is 1.86. The van der Waals surface area contributed by atoms with Gasteiger partial charge in [0.25, 0.3) is 0 Å². The van der Waals surface area contributed by atoms with Crippen LogP contribution >= 0.6 is 11.6 Å². The first-order chi connectivity index (χ1) is 7.88. The summed E-state index contributed by atoms with van der Waals surface area (Å²) in [5.41, 5.74) is -0.252. The number of rotatable bonds is 6. The van der Waals surface area contributed by atoms with Gasteiger partial charge in [-0.3, -0.25) is 4.68 Å². The second-order valence-electron chi connectivity index (χ2n) is 4.79. The molecule has 0 radical (unpaired) electrons. The first-order valence-electron chi connectivity index (χ1n) is 6.06. The molecular formula is C12H22ClN3O. The molecule has 1 heterocycles. The molecule has 2 N–H and O–H groups in total. The summed E-state index contributed by atoms with van der Waals surface area (Å²) in [5, 5.41) is 18.5. The molecule has 17 heavy (non-hydrogen) atoms. The van der Waals surface area contributed by atoms with E-state index in [0.29, 0.717) is 29.7 Å². The van der Waals surface area contributed by atoms with Crippen LogP contribution < -0.4 is 5.32 Å². The van der Waals surface area contributed by atoms with E-state index in [9.17, 15) is 5.11 Å². The molecule has 1 rings (SSSR count). The van der Waals surface area contributed by atoms with Crippen molar-refractivity contribution in [2.45, 2.75) is 52.3 Å². The van der Waals surface area contributed by atoms with Gasteiger partial charge in [0, 0.05) is 12.6 Å². The molecule has 0 amide bonds. The molecule has 4 nitrogen and oxygen atoms in total. The third-order valence-corrected chi connectivity index (χ3v) is 3.05. The van der Waals surface area contributed by atoms with Gasteiger partial charge in [-0.05, 0) is 26.8 Å². The SMILES string of the molecule is CCn1ncc(Cl)c1C(C)(O)CCNC(C)C. The Morgan fingerprint density at radius 2 is 2.24 bits per heavy atom. The third kappa shape index (κ3) is 3.69. The van der Waals surface area contributed by atoms with Gasteiger partial charge in [-0.2, -0.15) is 5.10 Å². The summed E-state index contributed by atoms with van der Waals surface area (Å²) in [5.74, 6) is 0. The van der Waals surface area contributed by atoms with Crippen LogP contribution in [0.3, 0.4) is 0 Å². The van der Waals surface area contributed by atoms with Crippen LogP contribution in [0.25, 0.3) is 0 Å². The number of aliphatic hydroxyl groups is 1. The predicted molar refractivity (Wildman–Crippen MR) is 70.2 cm³/mol. The van der Waals surface area contributed by atoms with Crippen LogP contribution in [0.5, 0.6) is 0 Å². The first-order valence-corrected chi connectivity index (χ1v) is 6.43. The summed E-state index contributed by atoms with van der Waals surface area (Å²) < 4.78 is 1.75. The highest BCUT2D eigenvalue weighted by atomic mass is 35.5. The molecule has 1 atom stereocenters. The fourth-order valence-corrected chi connectivity index (χ4v) is 2.21. The van der Waals surface area contributed by atoms with Crippen molar-refractivity contribution in [3.63, 3.8) is 0 Å². The summed E-state index contributed by atoms with van der Waals surface area (Å²) in [6, 6.07) is 0.414. The van der Waals surface area contributed by atoms with Crippen molar-refractivity contribution in [3.8, 4) is 0 Å². The highest BCUT2D eigenvalue weighted by Gasteiger charge is 2.29. The van der Waals surface area contributed by atoms with Crippen molar-refractivity contribution in [1.29, 1.82) is 0 Å². The number of aryl methyl sites for hydroxylation is 1. The zero-order valence-corrected chi connectivity index (χ0v) is 11.8. The minimum absolute atomic E-state index is 0.414. The maximum absolute atomic E-state index is 10.5. The Balaban J connectivity index is 2.77. The summed E-state index contributed by atoms with van der Waals surface area (Å²) in [6.45, 7) is 9.38. The van der Waals surface area contributed by atoms with Gasteiger partial charge >= 0.3 is 0 Å². The average molecular weight is 260 g/mol. The normalized spacial score (nSPS) is 15.2. The molecule has 0 spiro atoms. The van der Waals surface area contributed by atoms with Gasteiger partial charge in [-0.15, -0.1) is 0 Å². The zero-order valence-electron chi connectivity index (χ0n) is 11.0. The van der Waals surface area contributed by atoms with E-state index in [1.54, 1.807) is 17.8 Å². The van der Waals surface area contributed by atoms with Gasteiger partial charge < -0.3 is 10.4 Å². The van der Waals surface area contributed by atoms with Crippen molar-refractivity contribution in [2.24, 2.45) is 0 Å². The lowest BCUT2D eigenvalue weighted by Crippen LogP contribution is -2.33. The molecule has 0 fully saturated rings. The largest absolute Gasteiger partial charge is 0.384 e. The quantitative estimate of drug-likeness (QED) is 0.823. The van der Waals surface area contributed by atoms with Gasteiger partial charge in [0.05, 0.1) is 16.9 Å². The van der Waals surface area contributed by atoms with Crippen molar-refractivity contribution in [1.82, 2.24) is 15.1 Å². The van der Waals surface area contributed by atoms with Crippen LogP contribution in [0.1, 0.15) is 39.8 Å². The van der Waals surface area contributed by atoms with Gasteiger partial charge in [0.1, 0.15) is 5.60 Å². The van der Waals surface area contributed by atoms with Crippen LogP contribution in [0.15, 0.2) is 6.20 Å². The van der Waals surface area contributed by atoms with E-state index in [-0.39, 0.29) is 0 Å². The number of hydrogen-bond acceptors (Lipinski definition) is 3. The molecule has 1 unspecified atom stereocenters. The lowest BCUT2D eigenvalue weighted by atomic mass is 9.97. The Labute approximate surface area is 108 Å². The highest BCUT2D eigenvalue weighted by molar-refractivity contribution is 6.31. The summed E-state index contributed by atoms with van der Waals surface area (Å²) in [6.07, 6.45) is 2.20. The van der Waals surface area contributed by atoms with E-state index in [4.69, 9.17) is 11.6 Å². The molecule has 0 aliphatic rings. The van der Waals surface area contributed by atoms with Crippen LogP contribution in [0.4, 0.5) is 0 Å². The van der Waals surface area contributed by atoms with Crippen LogP contribution in [-0.4, -0.2) is 27.5 Å². The van der Waals surface area contributed by atoms with Crippen molar-refractivity contribution >= 4 is 11.6 Å². The van der Waals surface area contributed by atoms with E-state index in [1.807, 2.05) is 6.92 Å². The van der Waals surface area contributed by atoms with Crippen molar-refractivity contribution in [2.75, 3.05) is 6.54 Å². The van der Waals surface area contributed by atoms with Gasteiger partial charge in [0.15, 0.2) is 0 Å². The van der Waals surface area contributed by atoms with Gasteiger partial charge in [-0.1, -0.05) is 25.4 Å². The third-order valence-electron chi connectivity index (χ3n) is 2.77. The molecular weight excluding hydrogens is 238 g/mol. The number of halogens is 1. The molecule has 0 aromatic carbocycles. The van der Waals surface area contributed by atoms with E-state index in [1.165, 1.54) is 0 Å². The Kier molecular flexibility index (Phi) is 4.98. The standard InChI is InChI=1S/C12H22ClN3O/c1-5-16-11(10(13)8-15-16)12(4,17)6-7-14-9(2)3/h8-9,14,17H,5-7H2,1-4H3. The zero-order chi connectivity index (χ0) is 13.1. The summed E-state index contributed by atoms with van der Waals surface area (Å²) in [7, 11) is 0. The van der Waals surface area contributed by atoms with E-state index < -0.39 is 5.60 Å². The predicted octanol–water partition coefficient (Wildman–Crippen LogP) is 2.15. The maximum atomic E-state index is 10.5. The molecule has 98 valence electrons. The maximum Gasteiger partial charge on any atom is 0.106 e. The van der Waals surface area contributed by atoms with Crippen LogP contribution in [0, 0.1) is 0 Å². The topological polar surface area (TPSA) is 50.1 Å². The van der Waals surface area contributed by atoms with Crippen molar-refractivity contribution < 1.29 is 5.11 Å². The monoisotopic (exact) mass is 259 g/mol. The molecule has 0 saturated heterocycles. The second kappa shape index (κ2) is 5.85. The number of nitrogens with zero attached hydrogens (tertiary/aromatic N) is 2. The lowest BCUT2D eigenvalue weighted by molar-refractivity contribution is 0.0384. The molecule has 1 aromatic rings. The van der Waals surface area contributed by atoms with Crippen LogP contribution in [-0.2, 0) is 12.1 Å². The Morgan fingerprint density at radius 1 is 1.59 bits per heavy atom. The van der Waals surface area contributed by atoms with Crippen molar-refractivity contribution in [3.05, 3.63) is 16.9 Å². The minimum Gasteiger partial charge on any atom is -0.384 e. The average Bonchev–Trinajstić information content (AvgIpc) is 2.59. The van der Waals surface area contributed by atoms with Crippen LogP contribution in [0.2, 0.25) is 5.02 Å². The van der Waals surface area contributed by atoms with E-state index in [0.717, 1.165) is 6.54 Å². The number of nitrogens with one attached hydrogen (secondary N) is 1. The summed E-state index contributed by atoms with van der Waals surface area (Å²) in [4.78, 5) is 0. The Morgan fingerprint density at radius 3 is 2.76 bits per heavy atom. The number of hydrogen-bond donors (Lipinski definition) is 2. The Bertz CT molecular complexity index is 361. The fraction of sp³-hybridized carbons (Fsp3) is 0.750.